The Balaban J connectivity index is 1.27. The maximum atomic E-state index is 2.50. The van der Waals surface area contributed by atoms with Crippen LogP contribution in [0.1, 0.15) is 22.3 Å². The highest BCUT2D eigenvalue weighted by molar-refractivity contribution is 6.03. The van der Waals surface area contributed by atoms with Gasteiger partial charge in [-0.25, -0.2) is 0 Å². The maximum absolute atomic E-state index is 2.50. The molecule has 1 heteroatoms. The van der Waals surface area contributed by atoms with Crippen LogP contribution in [0.4, 0.5) is 17.1 Å². The average molecular weight is 634 g/mol. The largest absolute Gasteiger partial charge is 0.309 e. The molecule has 0 amide bonds. The first-order chi connectivity index (χ1) is 24.8. The van der Waals surface area contributed by atoms with Crippen molar-refractivity contribution >= 4 is 17.1 Å². The number of nitrogens with zero attached hydrogens (tertiary/aromatic N) is 1. The minimum Gasteiger partial charge on any atom is -0.309 e. The molecule has 0 N–H and O–H groups in total. The van der Waals surface area contributed by atoms with Gasteiger partial charge in [0.05, 0.1) is 16.8 Å². The predicted octanol–water partition coefficient (Wildman–Crippen LogP) is 12.8. The van der Waals surface area contributed by atoms with E-state index in [-0.39, 0.29) is 0 Å². The van der Waals surface area contributed by atoms with Crippen molar-refractivity contribution < 1.29 is 0 Å². The van der Waals surface area contributed by atoms with Gasteiger partial charge in [-0.15, -0.1) is 0 Å². The molecule has 50 heavy (non-hydrogen) atoms. The lowest BCUT2D eigenvalue weighted by Gasteiger charge is -2.36. The summed E-state index contributed by atoms with van der Waals surface area (Å²) in [6.07, 6.45) is 0. The standard InChI is InChI=1S/C49H31N/c1-2-16-34-33(15-1)37-19-5-10-24-43(37)49(44-25-11-6-20-38(34)44)45-26-12-7-21-39(45)40-30-29-32(31-46(40)49)50-47-27-13-8-22-41(47)35-17-3-4-18-36(35)42-23-9-14-28-48(42)50/h1-31H. The third kappa shape index (κ3) is 3.51. The fourth-order valence-electron chi connectivity index (χ4n) is 9.33. The summed E-state index contributed by atoms with van der Waals surface area (Å²) in [7, 11) is 0. The van der Waals surface area contributed by atoms with Gasteiger partial charge in [0.25, 0.3) is 0 Å². The fourth-order valence-corrected chi connectivity index (χ4v) is 9.33. The molecule has 1 nitrogen and oxygen atoms in total. The predicted molar refractivity (Wildman–Crippen MR) is 207 cm³/mol. The number of anilines is 3. The van der Waals surface area contributed by atoms with Crippen LogP contribution in [0, 0.1) is 0 Å². The van der Waals surface area contributed by atoms with Crippen molar-refractivity contribution in [3.05, 3.63) is 210 Å². The Labute approximate surface area is 292 Å². The van der Waals surface area contributed by atoms with Gasteiger partial charge in [-0.2, -0.15) is 0 Å². The first-order valence-electron chi connectivity index (χ1n) is 17.5. The molecule has 8 aromatic carbocycles. The molecule has 0 fully saturated rings. The molecule has 0 bridgehead atoms. The molecule has 0 atom stereocenters. The number of fused-ring (bicyclic) bond motifs is 17. The molecule has 2 aliphatic carbocycles. The van der Waals surface area contributed by atoms with Gasteiger partial charge in [0, 0.05) is 16.8 Å². The van der Waals surface area contributed by atoms with Crippen LogP contribution in [-0.2, 0) is 5.41 Å². The molecule has 1 heterocycles. The summed E-state index contributed by atoms with van der Waals surface area (Å²) < 4.78 is 0. The van der Waals surface area contributed by atoms with Gasteiger partial charge in [0.15, 0.2) is 0 Å². The van der Waals surface area contributed by atoms with Crippen molar-refractivity contribution in [2.45, 2.75) is 5.41 Å². The van der Waals surface area contributed by atoms with Crippen LogP contribution in [-0.4, -0.2) is 0 Å². The molecule has 0 saturated heterocycles. The molecule has 8 aromatic rings. The Morgan fingerprint density at radius 2 is 0.580 bits per heavy atom. The second kappa shape index (κ2) is 10.3. The lowest BCUT2D eigenvalue weighted by Crippen LogP contribution is -2.29. The van der Waals surface area contributed by atoms with E-state index in [9.17, 15) is 0 Å². The molecular weight excluding hydrogens is 603 g/mol. The minimum absolute atomic E-state index is 0.526. The molecule has 1 spiro atoms. The van der Waals surface area contributed by atoms with E-state index in [1.165, 1.54) is 89.3 Å². The highest BCUT2D eigenvalue weighted by Gasteiger charge is 2.50. The van der Waals surface area contributed by atoms with Gasteiger partial charge < -0.3 is 4.90 Å². The van der Waals surface area contributed by atoms with Crippen molar-refractivity contribution in [3.8, 4) is 55.6 Å². The third-order valence-corrected chi connectivity index (χ3v) is 11.3. The summed E-state index contributed by atoms with van der Waals surface area (Å²) in [4.78, 5) is 2.49. The van der Waals surface area contributed by atoms with E-state index in [1.54, 1.807) is 0 Å². The topological polar surface area (TPSA) is 3.24 Å². The number of hydrogen-bond acceptors (Lipinski definition) is 1. The first kappa shape index (κ1) is 27.5. The summed E-state index contributed by atoms with van der Waals surface area (Å²) in [5.41, 5.74) is 21.0. The Hall–Kier alpha value is -6.44. The van der Waals surface area contributed by atoms with Crippen LogP contribution in [0.5, 0.6) is 0 Å². The van der Waals surface area contributed by atoms with Crippen LogP contribution in [0.2, 0.25) is 0 Å². The van der Waals surface area contributed by atoms with Crippen molar-refractivity contribution in [2.24, 2.45) is 0 Å². The quantitative estimate of drug-likeness (QED) is 0.174. The second-order valence-electron chi connectivity index (χ2n) is 13.6. The van der Waals surface area contributed by atoms with Gasteiger partial charge in [-0.1, -0.05) is 164 Å². The average Bonchev–Trinajstić information content (AvgIpc) is 3.34. The molecule has 0 unspecified atom stereocenters. The molecule has 1 aliphatic heterocycles. The van der Waals surface area contributed by atoms with Gasteiger partial charge in [-0.05, 0) is 91.0 Å². The molecule has 0 radical (unpaired) electrons. The van der Waals surface area contributed by atoms with Crippen LogP contribution in [0.15, 0.2) is 188 Å². The highest BCUT2D eigenvalue weighted by atomic mass is 15.1. The Morgan fingerprint density at radius 1 is 0.260 bits per heavy atom. The zero-order valence-corrected chi connectivity index (χ0v) is 27.3. The normalized spacial score (nSPS) is 13.7. The lowest BCUT2D eigenvalue weighted by molar-refractivity contribution is 0.775. The van der Waals surface area contributed by atoms with Crippen molar-refractivity contribution in [3.63, 3.8) is 0 Å². The molecule has 11 rings (SSSR count). The SMILES string of the molecule is c1ccc2c(c1)-c1ccccc1N(c1ccc3c(c1)C1(c4ccccc4-c4ccccc4-c4ccccc41)c1ccccc1-3)c1ccccc1-2. The summed E-state index contributed by atoms with van der Waals surface area (Å²) in [5, 5.41) is 0. The van der Waals surface area contributed by atoms with Crippen molar-refractivity contribution in [2.75, 3.05) is 4.90 Å². The van der Waals surface area contributed by atoms with E-state index in [0.717, 1.165) is 5.69 Å². The van der Waals surface area contributed by atoms with Crippen LogP contribution in [0.25, 0.3) is 55.6 Å². The number of para-hydroxylation sites is 2. The van der Waals surface area contributed by atoms with Gasteiger partial charge in [0.2, 0.25) is 0 Å². The van der Waals surface area contributed by atoms with Crippen molar-refractivity contribution in [1.82, 2.24) is 0 Å². The van der Waals surface area contributed by atoms with E-state index in [1.807, 2.05) is 0 Å². The fraction of sp³-hybridized carbons (Fsp3) is 0.0204. The zero-order chi connectivity index (χ0) is 32.8. The Kier molecular flexibility index (Phi) is 5.66. The second-order valence-corrected chi connectivity index (χ2v) is 13.6. The van der Waals surface area contributed by atoms with Gasteiger partial charge >= 0.3 is 0 Å². The molecule has 0 aromatic heterocycles. The van der Waals surface area contributed by atoms with Crippen molar-refractivity contribution in [1.29, 1.82) is 0 Å². The summed E-state index contributed by atoms with van der Waals surface area (Å²) >= 11 is 0. The number of rotatable bonds is 1. The van der Waals surface area contributed by atoms with E-state index in [2.05, 4.69) is 193 Å². The van der Waals surface area contributed by atoms with E-state index < -0.39 is 5.41 Å². The summed E-state index contributed by atoms with van der Waals surface area (Å²) in [6.45, 7) is 0. The minimum atomic E-state index is -0.526. The van der Waals surface area contributed by atoms with E-state index in [4.69, 9.17) is 0 Å². The monoisotopic (exact) mass is 633 g/mol. The number of hydrogen-bond donors (Lipinski definition) is 0. The zero-order valence-electron chi connectivity index (χ0n) is 27.3. The molecule has 3 aliphatic rings. The summed E-state index contributed by atoms with van der Waals surface area (Å²) in [6, 6.07) is 70.1. The Bertz CT molecular complexity index is 2550. The van der Waals surface area contributed by atoms with Crippen LogP contribution in [0.3, 0.4) is 0 Å². The third-order valence-electron chi connectivity index (χ3n) is 11.3. The molecule has 0 saturated carbocycles. The summed E-state index contributed by atoms with van der Waals surface area (Å²) in [5.74, 6) is 0. The number of benzene rings is 8. The lowest BCUT2D eigenvalue weighted by atomic mass is 9.66. The van der Waals surface area contributed by atoms with Crippen LogP contribution < -0.4 is 4.90 Å². The van der Waals surface area contributed by atoms with Crippen LogP contribution >= 0.6 is 0 Å². The molecule has 232 valence electrons. The Morgan fingerprint density at radius 3 is 1.04 bits per heavy atom. The smallest absolute Gasteiger partial charge is 0.0726 e. The molecular formula is C49H31N. The highest BCUT2D eigenvalue weighted by Crippen LogP contribution is 2.62. The van der Waals surface area contributed by atoms with Gasteiger partial charge in [0.1, 0.15) is 0 Å². The van der Waals surface area contributed by atoms with E-state index in [0.29, 0.717) is 0 Å². The van der Waals surface area contributed by atoms with E-state index >= 15 is 0 Å². The maximum Gasteiger partial charge on any atom is 0.0726 e. The van der Waals surface area contributed by atoms with Gasteiger partial charge in [-0.3, -0.25) is 0 Å². The first-order valence-corrected chi connectivity index (χ1v) is 17.5.